The van der Waals surface area contributed by atoms with Crippen molar-refractivity contribution in [2.45, 2.75) is 30.8 Å². The second-order valence-electron chi connectivity index (χ2n) is 5.61. The van der Waals surface area contributed by atoms with Crippen LogP contribution in [0.2, 0.25) is 0 Å². The smallest absolute Gasteiger partial charge is 0.244 e. The average molecular weight is 321 g/mol. The van der Waals surface area contributed by atoms with Crippen molar-refractivity contribution in [3.05, 3.63) is 47.5 Å². The Balaban J connectivity index is 2.05. The lowest BCUT2D eigenvalue weighted by atomic mass is 10.1. The van der Waals surface area contributed by atoms with Crippen LogP contribution in [-0.4, -0.2) is 40.0 Å². The molecule has 0 saturated heterocycles. The van der Waals surface area contributed by atoms with Crippen LogP contribution in [0, 0.1) is 6.92 Å². The lowest BCUT2D eigenvalue weighted by Crippen LogP contribution is -2.46. The molecule has 22 heavy (non-hydrogen) atoms. The SMILES string of the molecule is Cc1ccccc1S(=O)(=O)N1Cc2ncn(C)c2CC1CO. The van der Waals surface area contributed by atoms with Gasteiger partial charge in [0.05, 0.1) is 36.1 Å². The summed E-state index contributed by atoms with van der Waals surface area (Å²) in [6.07, 6.45) is 2.15. The Morgan fingerprint density at radius 2 is 2.09 bits per heavy atom. The van der Waals surface area contributed by atoms with Crippen LogP contribution in [0.3, 0.4) is 0 Å². The van der Waals surface area contributed by atoms with Crippen molar-refractivity contribution in [2.75, 3.05) is 6.61 Å². The molecule has 0 radical (unpaired) electrons. The van der Waals surface area contributed by atoms with Gasteiger partial charge < -0.3 is 9.67 Å². The van der Waals surface area contributed by atoms with Crippen molar-refractivity contribution in [1.29, 1.82) is 0 Å². The van der Waals surface area contributed by atoms with Crippen LogP contribution < -0.4 is 0 Å². The van der Waals surface area contributed by atoms with Crippen molar-refractivity contribution in [3.63, 3.8) is 0 Å². The van der Waals surface area contributed by atoms with Crippen LogP contribution in [-0.2, 0) is 30.0 Å². The highest BCUT2D eigenvalue weighted by molar-refractivity contribution is 7.89. The second-order valence-corrected chi connectivity index (χ2v) is 7.46. The first-order valence-electron chi connectivity index (χ1n) is 7.12. The largest absolute Gasteiger partial charge is 0.395 e. The Morgan fingerprint density at radius 1 is 1.36 bits per heavy atom. The molecule has 0 amide bonds. The Morgan fingerprint density at radius 3 is 2.77 bits per heavy atom. The zero-order valence-corrected chi connectivity index (χ0v) is 13.4. The quantitative estimate of drug-likeness (QED) is 0.909. The molecular weight excluding hydrogens is 302 g/mol. The molecule has 1 unspecified atom stereocenters. The summed E-state index contributed by atoms with van der Waals surface area (Å²) in [5.41, 5.74) is 2.44. The summed E-state index contributed by atoms with van der Waals surface area (Å²) >= 11 is 0. The van der Waals surface area contributed by atoms with Gasteiger partial charge in [-0.3, -0.25) is 0 Å². The van der Waals surface area contributed by atoms with Crippen LogP contribution in [0.1, 0.15) is 17.0 Å². The van der Waals surface area contributed by atoms with Gasteiger partial charge in [0.2, 0.25) is 10.0 Å². The predicted octanol–water partition coefficient (Wildman–Crippen LogP) is 0.836. The molecule has 2 heterocycles. The fourth-order valence-electron chi connectivity index (χ4n) is 2.91. The van der Waals surface area contributed by atoms with Gasteiger partial charge in [-0.2, -0.15) is 4.31 Å². The topological polar surface area (TPSA) is 75.4 Å². The fraction of sp³-hybridized carbons (Fsp3) is 0.400. The molecule has 0 spiro atoms. The molecule has 0 bridgehead atoms. The van der Waals surface area contributed by atoms with E-state index < -0.39 is 16.1 Å². The van der Waals surface area contributed by atoms with Crippen LogP contribution in [0.15, 0.2) is 35.5 Å². The van der Waals surface area contributed by atoms with Crippen molar-refractivity contribution < 1.29 is 13.5 Å². The zero-order valence-electron chi connectivity index (χ0n) is 12.6. The van der Waals surface area contributed by atoms with Gasteiger partial charge in [0.1, 0.15) is 0 Å². The third-order valence-corrected chi connectivity index (χ3v) is 6.24. The first kappa shape index (κ1) is 15.2. The van der Waals surface area contributed by atoms with Gasteiger partial charge in [0, 0.05) is 19.2 Å². The molecule has 1 atom stereocenters. The molecule has 6 nitrogen and oxygen atoms in total. The number of aryl methyl sites for hydroxylation is 2. The Labute approximate surface area is 130 Å². The van der Waals surface area contributed by atoms with Crippen LogP contribution in [0.25, 0.3) is 0 Å². The number of fused-ring (bicyclic) bond motifs is 1. The van der Waals surface area contributed by atoms with Gasteiger partial charge in [0.25, 0.3) is 0 Å². The number of rotatable bonds is 3. The lowest BCUT2D eigenvalue weighted by molar-refractivity contribution is 0.170. The van der Waals surface area contributed by atoms with Crippen LogP contribution in [0.4, 0.5) is 0 Å². The van der Waals surface area contributed by atoms with E-state index in [4.69, 9.17) is 0 Å². The zero-order chi connectivity index (χ0) is 15.9. The van der Waals surface area contributed by atoms with E-state index in [0.29, 0.717) is 12.0 Å². The minimum atomic E-state index is -3.66. The number of benzene rings is 1. The number of aromatic nitrogens is 2. The van der Waals surface area contributed by atoms with E-state index in [1.54, 1.807) is 31.5 Å². The Hall–Kier alpha value is -1.70. The number of nitrogens with zero attached hydrogens (tertiary/aromatic N) is 3. The molecule has 118 valence electrons. The molecule has 0 fully saturated rings. The number of aliphatic hydroxyl groups is 1. The van der Waals surface area contributed by atoms with Crippen molar-refractivity contribution >= 4 is 10.0 Å². The predicted molar refractivity (Wildman–Crippen MR) is 81.7 cm³/mol. The molecule has 2 aromatic rings. The van der Waals surface area contributed by atoms with E-state index in [9.17, 15) is 13.5 Å². The van der Waals surface area contributed by atoms with Crippen molar-refractivity contribution in [2.24, 2.45) is 7.05 Å². The summed E-state index contributed by atoms with van der Waals surface area (Å²) in [7, 11) is -1.78. The van der Waals surface area contributed by atoms with Crippen LogP contribution in [0.5, 0.6) is 0 Å². The van der Waals surface area contributed by atoms with Gasteiger partial charge in [-0.05, 0) is 18.6 Å². The summed E-state index contributed by atoms with van der Waals surface area (Å²) in [6.45, 7) is 1.75. The van der Waals surface area contributed by atoms with E-state index in [0.717, 1.165) is 11.4 Å². The third-order valence-electron chi connectivity index (χ3n) is 4.18. The molecular formula is C15H19N3O3S. The second kappa shape index (κ2) is 5.49. The fourth-order valence-corrected chi connectivity index (χ4v) is 4.71. The van der Waals surface area contributed by atoms with E-state index in [1.165, 1.54) is 4.31 Å². The maximum absolute atomic E-state index is 13.0. The maximum Gasteiger partial charge on any atom is 0.244 e. The molecule has 1 aromatic heterocycles. The van der Waals surface area contributed by atoms with Crippen LogP contribution >= 0.6 is 0 Å². The third kappa shape index (κ3) is 2.35. The highest BCUT2D eigenvalue weighted by atomic mass is 32.2. The maximum atomic E-state index is 13.0. The van der Waals surface area contributed by atoms with Gasteiger partial charge >= 0.3 is 0 Å². The summed E-state index contributed by atoms with van der Waals surface area (Å²) in [5, 5.41) is 9.66. The molecule has 1 aliphatic heterocycles. The van der Waals surface area contributed by atoms with E-state index in [1.807, 2.05) is 17.7 Å². The van der Waals surface area contributed by atoms with E-state index in [2.05, 4.69) is 4.98 Å². The minimum absolute atomic E-state index is 0.193. The van der Waals surface area contributed by atoms with Gasteiger partial charge in [0.15, 0.2) is 0 Å². The molecule has 0 saturated carbocycles. The molecule has 1 aliphatic rings. The van der Waals surface area contributed by atoms with E-state index in [-0.39, 0.29) is 18.0 Å². The summed E-state index contributed by atoms with van der Waals surface area (Å²) in [6, 6.07) is 6.44. The van der Waals surface area contributed by atoms with Gasteiger partial charge in [-0.25, -0.2) is 13.4 Å². The number of sulfonamides is 1. The van der Waals surface area contributed by atoms with Crippen molar-refractivity contribution in [1.82, 2.24) is 13.9 Å². The monoisotopic (exact) mass is 321 g/mol. The summed E-state index contributed by atoms with van der Waals surface area (Å²) in [5.74, 6) is 0. The Kier molecular flexibility index (Phi) is 3.80. The molecule has 1 N–H and O–H groups in total. The highest BCUT2D eigenvalue weighted by Gasteiger charge is 2.37. The molecule has 7 heteroatoms. The lowest BCUT2D eigenvalue weighted by Gasteiger charge is -2.33. The average Bonchev–Trinajstić information content (AvgIpc) is 2.87. The summed E-state index contributed by atoms with van der Waals surface area (Å²) < 4.78 is 29.2. The number of hydrogen-bond donors (Lipinski definition) is 1. The standard InChI is InChI=1S/C15H19N3O3S/c1-11-5-3-4-6-15(11)22(20,21)18-8-13-14(7-12(18)9-19)17(2)10-16-13/h3-6,10,12,19H,7-9H2,1-2H3. The number of hydrogen-bond acceptors (Lipinski definition) is 4. The molecule has 3 rings (SSSR count). The number of imidazole rings is 1. The van der Waals surface area contributed by atoms with E-state index >= 15 is 0 Å². The molecule has 0 aliphatic carbocycles. The summed E-state index contributed by atoms with van der Waals surface area (Å²) in [4.78, 5) is 4.57. The van der Waals surface area contributed by atoms with Crippen molar-refractivity contribution in [3.8, 4) is 0 Å². The van der Waals surface area contributed by atoms with Gasteiger partial charge in [-0.1, -0.05) is 18.2 Å². The normalized spacial score (nSPS) is 19.1. The number of aliphatic hydroxyl groups excluding tert-OH is 1. The molecule has 1 aromatic carbocycles. The van der Waals surface area contributed by atoms with Gasteiger partial charge in [-0.15, -0.1) is 0 Å². The minimum Gasteiger partial charge on any atom is -0.395 e. The first-order chi connectivity index (χ1) is 10.4. The Bertz CT molecular complexity index is 798. The highest BCUT2D eigenvalue weighted by Crippen LogP contribution is 2.29. The first-order valence-corrected chi connectivity index (χ1v) is 8.56.